The van der Waals surface area contributed by atoms with E-state index in [0.29, 0.717) is 12.5 Å². The van der Waals surface area contributed by atoms with Crippen LogP contribution in [0.25, 0.3) is 0 Å². The number of carbonyl (C=O) groups is 1. The lowest BCUT2D eigenvalue weighted by Crippen LogP contribution is -2.47. The fourth-order valence-corrected chi connectivity index (χ4v) is 2.46. The van der Waals surface area contributed by atoms with Gasteiger partial charge in [0.15, 0.2) is 0 Å². The van der Waals surface area contributed by atoms with Crippen LogP contribution in [0.2, 0.25) is 0 Å². The van der Waals surface area contributed by atoms with E-state index in [1.165, 1.54) is 12.8 Å². The molecule has 1 aliphatic rings. The molecule has 1 aromatic carbocycles. The SMILES string of the molecule is CC(NC(=O)NCc1ccccc1)C1CCCNC1. The number of rotatable bonds is 4. The maximum absolute atomic E-state index is 11.8. The summed E-state index contributed by atoms with van der Waals surface area (Å²) in [6.07, 6.45) is 2.38. The smallest absolute Gasteiger partial charge is 0.315 e. The monoisotopic (exact) mass is 261 g/mol. The average molecular weight is 261 g/mol. The molecule has 19 heavy (non-hydrogen) atoms. The predicted molar refractivity (Wildman–Crippen MR) is 76.9 cm³/mol. The molecule has 0 spiro atoms. The van der Waals surface area contributed by atoms with Crippen LogP contribution in [-0.2, 0) is 6.54 Å². The minimum absolute atomic E-state index is 0.0815. The van der Waals surface area contributed by atoms with Crippen molar-refractivity contribution in [1.82, 2.24) is 16.0 Å². The molecular weight excluding hydrogens is 238 g/mol. The molecular formula is C15H23N3O. The molecule has 0 saturated carbocycles. The first kappa shape index (κ1) is 13.9. The van der Waals surface area contributed by atoms with Gasteiger partial charge in [0, 0.05) is 12.6 Å². The minimum atomic E-state index is -0.0815. The van der Waals surface area contributed by atoms with Crippen LogP contribution in [-0.4, -0.2) is 25.2 Å². The Morgan fingerprint density at radius 3 is 2.89 bits per heavy atom. The zero-order valence-corrected chi connectivity index (χ0v) is 11.5. The zero-order valence-electron chi connectivity index (χ0n) is 11.5. The second kappa shape index (κ2) is 7.14. The largest absolute Gasteiger partial charge is 0.335 e. The third-order valence-electron chi connectivity index (χ3n) is 3.70. The maximum atomic E-state index is 11.8. The highest BCUT2D eigenvalue weighted by molar-refractivity contribution is 5.74. The number of amides is 2. The molecule has 1 aromatic rings. The highest BCUT2D eigenvalue weighted by Crippen LogP contribution is 2.13. The number of urea groups is 1. The number of piperidine rings is 1. The number of nitrogens with one attached hydrogen (secondary N) is 3. The lowest BCUT2D eigenvalue weighted by atomic mass is 9.93. The molecule has 0 radical (unpaired) electrons. The molecule has 1 heterocycles. The Kier molecular flexibility index (Phi) is 5.21. The van der Waals surface area contributed by atoms with Crippen molar-refractivity contribution in [3.63, 3.8) is 0 Å². The Bertz CT molecular complexity index is 388. The Hall–Kier alpha value is -1.55. The quantitative estimate of drug-likeness (QED) is 0.775. The summed E-state index contributed by atoms with van der Waals surface area (Å²) in [6, 6.07) is 10.1. The highest BCUT2D eigenvalue weighted by atomic mass is 16.2. The van der Waals surface area contributed by atoms with Crippen molar-refractivity contribution in [3.8, 4) is 0 Å². The lowest BCUT2D eigenvalue weighted by Gasteiger charge is -2.28. The van der Waals surface area contributed by atoms with Gasteiger partial charge >= 0.3 is 6.03 Å². The van der Waals surface area contributed by atoms with E-state index in [4.69, 9.17) is 0 Å². The van der Waals surface area contributed by atoms with E-state index in [0.717, 1.165) is 18.7 Å². The molecule has 0 aromatic heterocycles. The maximum Gasteiger partial charge on any atom is 0.315 e. The molecule has 2 rings (SSSR count). The van der Waals surface area contributed by atoms with Gasteiger partial charge in [-0.05, 0) is 44.3 Å². The van der Waals surface area contributed by atoms with Crippen LogP contribution in [0.4, 0.5) is 4.79 Å². The van der Waals surface area contributed by atoms with Gasteiger partial charge < -0.3 is 16.0 Å². The molecule has 2 unspecified atom stereocenters. The topological polar surface area (TPSA) is 53.2 Å². The second-order valence-electron chi connectivity index (χ2n) is 5.21. The molecule has 0 bridgehead atoms. The van der Waals surface area contributed by atoms with Crippen LogP contribution in [0, 0.1) is 5.92 Å². The first-order valence-corrected chi connectivity index (χ1v) is 7.04. The van der Waals surface area contributed by atoms with Gasteiger partial charge in [0.25, 0.3) is 0 Å². The molecule has 1 fully saturated rings. The van der Waals surface area contributed by atoms with Crippen molar-refractivity contribution in [2.75, 3.05) is 13.1 Å². The van der Waals surface area contributed by atoms with Gasteiger partial charge in [-0.3, -0.25) is 0 Å². The van der Waals surface area contributed by atoms with E-state index in [-0.39, 0.29) is 12.1 Å². The van der Waals surface area contributed by atoms with Crippen molar-refractivity contribution in [1.29, 1.82) is 0 Å². The van der Waals surface area contributed by atoms with E-state index in [1.54, 1.807) is 0 Å². The van der Waals surface area contributed by atoms with E-state index in [2.05, 4.69) is 22.9 Å². The van der Waals surface area contributed by atoms with Crippen LogP contribution in [0.1, 0.15) is 25.3 Å². The summed E-state index contributed by atoms with van der Waals surface area (Å²) >= 11 is 0. The summed E-state index contributed by atoms with van der Waals surface area (Å²) in [7, 11) is 0. The van der Waals surface area contributed by atoms with Crippen LogP contribution in [0.5, 0.6) is 0 Å². The van der Waals surface area contributed by atoms with Crippen LogP contribution < -0.4 is 16.0 Å². The molecule has 2 atom stereocenters. The molecule has 4 nitrogen and oxygen atoms in total. The predicted octanol–water partition coefficient (Wildman–Crippen LogP) is 1.87. The summed E-state index contributed by atoms with van der Waals surface area (Å²) in [4.78, 5) is 11.8. The van der Waals surface area contributed by atoms with Gasteiger partial charge in [-0.2, -0.15) is 0 Å². The standard InChI is InChI=1S/C15H23N3O/c1-12(14-8-5-9-16-11-14)18-15(19)17-10-13-6-3-2-4-7-13/h2-4,6-7,12,14,16H,5,8-11H2,1H3,(H2,17,18,19). The van der Waals surface area contributed by atoms with Gasteiger partial charge in [0.05, 0.1) is 0 Å². The molecule has 2 amide bonds. The summed E-state index contributed by atoms with van der Waals surface area (Å²) in [5.41, 5.74) is 1.12. The summed E-state index contributed by atoms with van der Waals surface area (Å²) < 4.78 is 0. The normalized spacial score (nSPS) is 20.6. The number of benzene rings is 1. The van der Waals surface area contributed by atoms with Gasteiger partial charge in [0.1, 0.15) is 0 Å². The minimum Gasteiger partial charge on any atom is -0.335 e. The van der Waals surface area contributed by atoms with Crippen LogP contribution in [0.3, 0.4) is 0 Å². The Balaban J connectivity index is 1.71. The number of hydrogen-bond acceptors (Lipinski definition) is 2. The zero-order chi connectivity index (χ0) is 13.5. The molecule has 3 N–H and O–H groups in total. The number of hydrogen-bond donors (Lipinski definition) is 3. The lowest BCUT2D eigenvalue weighted by molar-refractivity contribution is 0.227. The van der Waals surface area contributed by atoms with Crippen molar-refractivity contribution >= 4 is 6.03 Å². The van der Waals surface area contributed by atoms with Crippen molar-refractivity contribution < 1.29 is 4.79 Å². The number of carbonyl (C=O) groups excluding carboxylic acids is 1. The van der Waals surface area contributed by atoms with Gasteiger partial charge in [0.2, 0.25) is 0 Å². The summed E-state index contributed by atoms with van der Waals surface area (Å²) in [5.74, 6) is 0.538. The Morgan fingerprint density at radius 1 is 1.42 bits per heavy atom. The van der Waals surface area contributed by atoms with Crippen molar-refractivity contribution in [3.05, 3.63) is 35.9 Å². The van der Waals surface area contributed by atoms with Gasteiger partial charge in [-0.1, -0.05) is 30.3 Å². The summed E-state index contributed by atoms with van der Waals surface area (Å²) in [6.45, 7) is 4.76. The van der Waals surface area contributed by atoms with Crippen molar-refractivity contribution in [2.45, 2.75) is 32.4 Å². The van der Waals surface area contributed by atoms with E-state index in [9.17, 15) is 4.79 Å². The molecule has 0 aliphatic carbocycles. The first-order valence-electron chi connectivity index (χ1n) is 7.04. The third-order valence-corrected chi connectivity index (χ3v) is 3.70. The first-order chi connectivity index (χ1) is 9.25. The van der Waals surface area contributed by atoms with E-state index >= 15 is 0 Å². The average Bonchev–Trinajstić information content (AvgIpc) is 2.47. The molecule has 104 valence electrons. The van der Waals surface area contributed by atoms with Crippen molar-refractivity contribution in [2.24, 2.45) is 5.92 Å². The van der Waals surface area contributed by atoms with E-state index < -0.39 is 0 Å². The third kappa shape index (κ3) is 4.56. The fourth-order valence-electron chi connectivity index (χ4n) is 2.46. The molecule has 4 heteroatoms. The molecule has 1 aliphatic heterocycles. The molecule has 1 saturated heterocycles. The Morgan fingerprint density at radius 2 is 2.21 bits per heavy atom. The Labute approximate surface area is 115 Å². The van der Waals surface area contributed by atoms with Gasteiger partial charge in [-0.15, -0.1) is 0 Å². The second-order valence-corrected chi connectivity index (χ2v) is 5.21. The highest BCUT2D eigenvalue weighted by Gasteiger charge is 2.20. The van der Waals surface area contributed by atoms with Crippen LogP contribution >= 0.6 is 0 Å². The van der Waals surface area contributed by atoms with E-state index in [1.807, 2.05) is 30.3 Å². The fraction of sp³-hybridized carbons (Fsp3) is 0.533. The summed E-state index contributed by atoms with van der Waals surface area (Å²) in [5, 5.41) is 9.30. The van der Waals surface area contributed by atoms with Gasteiger partial charge in [-0.25, -0.2) is 4.79 Å². The van der Waals surface area contributed by atoms with Crippen LogP contribution in [0.15, 0.2) is 30.3 Å².